The first-order valence-corrected chi connectivity index (χ1v) is 11.5. The Morgan fingerprint density at radius 3 is 2.57 bits per heavy atom. The fourth-order valence-corrected chi connectivity index (χ4v) is 5.24. The van der Waals surface area contributed by atoms with Gasteiger partial charge in [-0.2, -0.15) is 4.98 Å². The van der Waals surface area contributed by atoms with Gasteiger partial charge in [0.2, 0.25) is 17.6 Å². The van der Waals surface area contributed by atoms with Gasteiger partial charge in [0.15, 0.2) is 9.84 Å². The van der Waals surface area contributed by atoms with Gasteiger partial charge in [-0.1, -0.05) is 43.3 Å². The summed E-state index contributed by atoms with van der Waals surface area (Å²) in [6.45, 7) is 6.64. The normalized spacial score (nSPS) is 18.5. The van der Waals surface area contributed by atoms with Crippen molar-refractivity contribution in [3.63, 3.8) is 0 Å². The zero-order valence-corrected chi connectivity index (χ0v) is 17.4. The molecule has 0 aliphatic carbocycles. The Kier molecular flexibility index (Phi) is 6.17. The summed E-state index contributed by atoms with van der Waals surface area (Å²) in [5.74, 6) is 1.51. The van der Waals surface area contributed by atoms with Gasteiger partial charge in [0.05, 0.1) is 11.5 Å². The van der Waals surface area contributed by atoms with Crippen molar-refractivity contribution in [2.75, 3.05) is 18.1 Å². The van der Waals surface area contributed by atoms with Gasteiger partial charge in [0.25, 0.3) is 0 Å². The summed E-state index contributed by atoms with van der Waals surface area (Å²) in [5.41, 5.74) is 2.11. The minimum Gasteiger partial charge on any atom is -0.339 e. The maximum atomic E-state index is 12.6. The van der Waals surface area contributed by atoms with E-state index in [0.717, 1.165) is 5.56 Å². The molecule has 0 spiro atoms. The van der Waals surface area contributed by atoms with E-state index >= 15 is 0 Å². The number of carbonyl (C=O) groups excluding carboxylic acids is 1. The first-order valence-electron chi connectivity index (χ1n) is 9.72. The van der Waals surface area contributed by atoms with Gasteiger partial charge in [-0.25, -0.2) is 8.42 Å². The summed E-state index contributed by atoms with van der Waals surface area (Å²) < 4.78 is 28.7. The second-order valence-electron chi connectivity index (χ2n) is 7.53. The lowest BCUT2D eigenvalue weighted by atomic mass is 10.0. The largest absolute Gasteiger partial charge is 0.339 e. The van der Waals surface area contributed by atoms with Crippen LogP contribution in [-0.2, 0) is 21.1 Å². The minimum absolute atomic E-state index is 0.0592. The lowest BCUT2D eigenvalue weighted by molar-refractivity contribution is -0.132. The maximum absolute atomic E-state index is 12.6. The van der Waals surface area contributed by atoms with E-state index in [1.54, 1.807) is 4.90 Å². The van der Waals surface area contributed by atoms with Crippen molar-refractivity contribution in [2.45, 2.75) is 52.0 Å². The van der Waals surface area contributed by atoms with Crippen molar-refractivity contribution in [2.24, 2.45) is 0 Å². The first kappa shape index (κ1) is 20.5. The molecule has 28 heavy (non-hydrogen) atoms. The van der Waals surface area contributed by atoms with E-state index in [0.29, 0.717) is 37.0 Å². The maximum Gasteiger partial charge on any atom is 0.227 e. The van der Waals surface area contributed by atoms with Crippen LogP contribution in [0.4, 0.5) is 0 Å². The molecule has 0 saturated carbocycles. The van der Waals surface area contributed by atoms with Gasteiger partial charge in [-0.15, -0.1) is 0 Å². The summed E-state index contributed by atoms with van der Waals surface area (Å²) >= 11 is 0. The Balaban J connectivity index is 1.59. The van der Waals surface area contributed by atoms with Gasteiger partial charge >= 0.3 is 0 Å². The third kappa shape index (κ3) is 4.79. The number of sulfone groups is 1. The smallest absolute Gasteiger partial charge is 0.227 e. The van der Waals surface area contributed by atoms with Crippen LogP contribution in [0.1, 0.15) is 51.0 Å². The second kappa shape index (κ2) is 8.43. The van der Waals surface area contributed by atoms with Crippen LogP contribution in [0, 0.1) is 0 Å². The molecule has 0 bridgehead atoms. The molecular formula is C20H27N3O4S. The van der Waals surface area contributed by atoms with Gasteiger partial charge in [-0.05, 0) is 24.8 Å². The number of hydrogen-bond acceptors (Lipinski definition) is 6. The zero-order valence-electron chi connectivity index (χ0n) is 16.6. The number of rotatable bonds is 7. The summed E-state index contributed by atoms with van der Waals surface area (Å²) in [5, 5.41) is 4.01. The Morgan fingerprint density at radius 2 is 2.00 bits per heavy atom. The topological polar surface area (TPSA) is 93.4 Å². The van der Waals surface area contributed by atoms with E-state index < -0.39 is 9.84 Å². The quantitative estimate of drug-likeness (QED) is 0.703. The average molecular weight is 406 g/mol. The van der Waals surface area contributed by atoms with Crippen LogP contribution in [0.3, 0.4) is 0 Å². The Labute approximate surface area is 166 Å². The lowest BCUT2D eigenvalue weighted by Gasteiger charge is -2.26. The SMILES string of the molecule is CCN(C(=O)CCc1nc(-c2ccc(C(C)C)cc2)no1)C1CCS(=O)(=O)C1. The number of hydrogen-bond donors (Lipinski definition) is 0. The Morgan fingerprint density at radius 1 is 1.29 bits per heavy atom. The Hall–Kier alpha value is -2.22. The van der Waals surface area contributed by atoms with Gasteiger partial charge < -0.3 is 9.42 Å². The van der Waals surface area contributed by atoms with E-state index in [2.05, 4.69) is 24.0 Å². The molecule has 152 valence electrons. The molecule has 1 aliphatic rings. The van der Waals surface area contributed by atoms with Crippen LogP contribution in [0.5, 0.6) is 0 Å². The van der Waals surface area contributed by atoms with Gasteiger partial charge in [0, 0.05) is 31.0 Å². The van der Waals surface area contributed by atoms with E-state index in [-0.39, 0.29) is 29.9 Å². The number of aromatic nitrogens is 2. The van der Waals surface area contributed by atoms with Crippen molar-refractivity contribution in [3.05, 3.63) is 35.7 Å². The van der Waals surface area contributed by atoms with E-state index in [1.165, 1.54) is 5.56 Å². The number of carbonyl (C=O) groups is 1. The molecule has 0 radical (unpaired) electrons. The average Bonchev–Trinajstić information content (AvgIpc) is 3.27. The van der Waals surface area contributed by atoms with Crippen molar-refractivity contribution in [3.8, 4) is 11.4 Å². The van der Waals surface area contributed by atoms with E-state index in [9.17, 15) is 13.2 Å². The number of nitrogens with zero attached hydrogens (tertiary/aromatic N) is 3. The highest BCUT2D eigenvalue weighted by molar-refractivity contribution is 7.91. The predicted octanol–water partition coefficient (Wildman–Crippen LogP) is 2.83. The van der Waals surface area contributed by atoms with Crippen LogP contribution in [0.2, 0.25) is 0 Å². The van der Waals surface area contributed by atoms with Crippen LogP contribution in [0.15, 0.2) is 28.8 Å². The standard InChI is InChI=1S/C20H27N3O4S/c1-4-23(17-11-12-28(25,26)13-17)19(24)10-9-18-21-20(22-27-18)16-7-5-15(6-8-16)14(2)3/h5-8,14,17H,4,9-13H2,1-3H3. The zero-order chi connectivity index (χ0) is 20.3. The molecule has 1 aliphatic heterocycles. The van der Waals surface area contributed by atoms with Crippen LogP contribution in [-0.4, -0.2) is 53.5 Å². The molecule has 1 fully saturated rings. The molecule has 7 nitrogen and oxygen atoms in total. The highest BCUT2D eigenvalue weighted by Gasteiger charge is 2.33. The van der Waals surface area contributed by atoms with Crippen molar-refractivity contribution < 1.29 is 17.7 Å². The van der Waals surface area contributed by atoms with Gasteiger partial charge in [0.1, 0.15) is 0 Å². The van der Waals surface area contributed by atoms with Crippen LogP contribution in [0.25, 0.3) is 11.4 Å². The van der Waals surface area contributed by atoms with Crippen LogP contribution < -0.4 is 0 Å². The molecule has 1 aromatic heterocycles. The molecule has 2 aromatic rings. The molecule has 0 N–H and O–H groups in total. The summed E-state index contributed by atoms with van der Waals surface area (Å²) in [6, 6.07) is 7.81. The summed E-state index contributed by atoms with van der Waals surface area (Å²) in [6.07, 6.45) is 1.07. The third-order valence-corrected chi connectivity index (χ3v) is 6.92. The molecule has 1 amide bonds. The Bertz CT molecular complexity index is 919. The predicted molar refractivity (Wildman–Crippen MR) is 107 cm³/mol. The summed E-state index contributed by atoms with van der Waals surface area (Å²) in [7, 11) is -3.02. The molecule has 3 rings (SSSR count). The van der Waals surface area contributed by atoms with Crippen LogP contribution >= 0.6 is 0 Å². The molecular weight excluding hydrogens is 378 g/mol. The fraction of sp³-hybridized carbons (Fsp3) is 0.550. The number of aryl methyl sites for hydroxylation is 1. The second-order valence-corrected chi connectivity index (χ2v) is 9.75. The number of amides is 1. The summed E-state index contributed by atoms with van der Waals surface area (Å²) in [4.78, 5) is 18.6. The first-order chi connectivity index (χ1) is 13.3. The molecule has 1 aromatic carbocycles. The van der Waals surface area contributed by atoms with Gasteiger partial charge in [-0.3, -0.25) is 4.79 Å². The molecule has 1 saturated heterocycles. The van der Waals surface area contributed by atoms with Crippen molar-refractivity contribution in [1.29, 1.82) is 0 Å². The molecule has 1 unspecified atom stereocenters. The minimum atomic E-state index is -3.02. The fourth-order valence-electron chi connectivity index (χ4n) is 3.51. The third-order valence-electron chi connectivity index (χ3n) is 5.17. The van der Waals surface area contributed by atoms with Crippen molar-refractivity contribution >= 4 is 15.7 Å². The van der Waals surface area contributed by atoms with E-state index in [4.69, 9.17) is 4.52 Å². The highest BCUT2D eigenvalue weighted by atomic mass is 32.2. The monoisotopic (exact) mass is 405 g/mol. The molecule has 2 heterocycles. The highest BCUT2D eigenvalue weighted by Crippen LogP contribution is 2.22. The lowest BCUT2D eigenvalue weighted by Crippen LogP contribution is -2.41. The number of benzene rings is 1. The van der Waals surface area contributed by atoms with Crippen molar-refractivity contribution in [1.82, 2.24) is 15.0 Å². The molecule has 1 atom stereocenters. The molecule has 8 heteroatoms. The van der Waals surface area contributed by atoms with E-state index in [1.807, 2.05) is 31.2 Å².